The number of hydrogen-bond acceptors (Lipinski definition) is 4. The number of hydrogen-bond donors (Lipinski definition) is 2. The van der Waals surface area contributed by atoms with E-state index in [2.05, 4.69) is 15.5 Å². The standard InChI is InChI=1S/C16H12F3N3O2/c1-7-11-12(8-2-4-9(5-3-8)16(17,18)19)13-10(6-24-15(13)23)20-14(11)22-21-7/h2-5,12H,6H2,1H3,(H2,20,21,22)/t12-/m1/s1. The number of cyclic esters (lactones) is 1. The molecule has 3 heterocycles. The lowest BCUT2D eigenvalue weighted by atomic mass is 9.82. The minimum Gasteiger partial charge on any atom is -0.456 e. The van der Waals surface area contributed by atoms with E-state index in [0.29, 0.717) is 22.7 Å². The number of aromatic amines is 1. The lowest BCUT2D eigenvalue weighted by molar-refractivity contribution is -0.138. The number of anilines is 1. The number of fused-ring (bicyclic) bond motifs is 1. The average Bonchev–Trinajstić information content (AvgIpc) is 3.09. The van der Waals surface area contributed by atoms with Gasteiger partial charge in [-0.3, -0.25) is 5.10 Å². The van der Waals surface area contributed by atoms with Crippen LogP contribution in [0.25, 0.3) is 0 Å². The number of nitrogens with one attached hydrogen (secondary N) is 2. The summed E-state index contributed by atoms with van der Waals surface area (Å²) in [4.78, 5) is 12.1. The second kappa shape index (κ2) is 4.86. The molecule has 2 aliphatic heterocycles. The Labute approximate surface area is 134 Å². The Hall–Kier alpha value is -2.77. The molecule has 0 unspecified atom stereocenters. The maximum atomic E-state index is 12.8. The number of aryl methyl sites for hydroxylation is 1. The van der Waals surface area contributed by atoms with Gasteiger partial charge in [0.2, 0.25) is 0 Å². The monoisotopic (exact) mass is 335 g/mol. The van der Waals surface area contributed by atoms with Crippen molar-refractivity contribution in [2.24, 2.45) is 0 Å². The Kier molecular flexibility index (Phi) is 3.00. The molecule has 2 aliphatic rings. The fourth-order valence-corrected chi connectivity index (χ4v) is 3.18. The highest BCUT2D eigenvalue weighted by Gasteiger charge is 2.41. The first-order valence-electron chi connectivity index (χ1n) is 7.25. The molecule has 0 saturated heterocycles. The van der Waals surface area contributed by atoms with Gasteiger partial charge in [-0.05, 0) is 24.6 Å². The zero-order chi connectivity index (χ0) is 17.1. The smallest absolute Gasteiger partial charge is 0.416 e. The van der Waals surface area contributed by atoms with Crippen LogP contribution in [0.3, 0.4) is 0 Å². The highest BCUT2D eigenvalue weighted by molar-refractivity contribution is 5.97. The molecule has 24 heavy (non-hydrogen) atoms. The molecule has 0 fully saturated rings. The number of aromatic nitrogens is 2. The average molecular weight is 335 g/mol. The summed E-state index contributed by atoms with van der Waals surface area (Å²) >= 11 is 0. The Balaban J connectivity index is 1.85. The van der Waals surface area contributed by atoms with E-state index in [1.807, 2.05) is 0 Å². The third-order valence-corrected chi connectivity index (χ3v) is 4.31. The number of carbonyl (C=O) groups is 1. The SMILES string of the molecule is Cc1[nH]nc2c1[C@@H](c1ccc(C(F)(F)F)cc1)C1=C(COC1=O)N2. The number of H-pyrrole nitrogens is 1. The molecule has 0 aliphatic carbocycles. The van der Waals surface area contributed by atoms with Gasteiger partial charge in [-0.25, -0.2) is 4.79 Å². The summed E-state index contributed by atoms with van der Waals surface area (Å²) in [6, 6.07) is 4.83. The fourth-order valence-electron chi connectivity index (χ4n) is 3.18. The first-order chi connectivity index (χ1) is 11.4. The molecule has 4 rings (SSSR count). The van der Waals surface area contributed by atoms with Crippen LogP contribution in [0.2, 0.25) is 0 Å². The summed E-state index contributed by atoms with van der Waals surface area (Å²) < 4.78 is 43.4. The number of carbonyl (C=O) groups excluding carboxylic acids is 1. The molecular formula is C16H12F3N3O2. The summed E-state index contributed by atoms with van der Waals surface area (Å²) in [5, 5.41) is 10.1. The van der Waals surface area contributed by atoms with Crippen molar-refractivity contribution in [3.8, 4) is 0 Å². The first kappa shape index (κ1) is 14.8. The van der Waals surface area contributed by atoms with Crippen LogP contribution in [-0.2, 0) is 15.7 Å². The number of ether oxygens (including phenoxy) is 1. The molecule has 0 bridgehead atoms. The van der Waals surface area contributed by atoms with E-state index in [4.69, 9.17) is 4.74 Å². The Morgan fingerprint density at radius 3 is 2.62 bits per heavy atom. The van der Waals surface area contributed by atoms with Gasteiger partial charge in [0, 0.05) is 17.2 Å². The van der Waals surface area contributed by atoms with Crippen molar-refractivity contribution >= 4 is 11.8 Å². The molecule has 5 nitrogen and oxygen atoms in total. The highest BCUT2D eigenvalue weighted by atomic mass is 19.4. The van der Waals surface area contributed by atoms with Crippen LogP contribution in [0, 0.1) is 6.92 Å². The second-order valence-electron chi connectivity index (χ2n) is 5.76. The molecule has 1 atom stereocenters. The van der Waals surface area contributed by atoms with Gasteiger partial charge in [-0.2, -0.15) is 18.3 Å². The summed E-state index contributed by atoms with van der Waals surface area (Å²) in [5.41, 5.74) is 2.37. The largest absolute Gasteiger partial charge is 0.456 e. The van der Waals surface area contributed by atoms with Gasteiger partial charge in [-0.1, -0.05) is 12.1 Å². The van der Waals surface area contributed by atoms with Crippen molar-refractivity contribution in [1.29, 1.82) is 0 Å². The third kappa shape index (κ3) is 2.10. The van der Waals surface area contributed by atoms with Gasteiger partial charge in [0.15, 0.2) is 5.82 Å². The Bertz CT molecular complexity index is 866. The summed E-state index contributed by atoms with van der Waals surface area (Å²) in [6.45, 7) is 1.91. The fraction of sp³-hybridized carbons (Fsp3) is 0.250. The third-order valence-electron chi connectivity index (χ3n) is 4.31. The normalized spacial score (nSPS) is 19.7. The molecule has 0 radical (unpaired) electrons. The van der Waals surface area contributed by atoms with E-state index in [0.717, 1.165) is 23.4 Å². The molecule has 0 amide bonds. The van der Waals surface area contributed by atoms with Crippen molar-refractivity contribution in [2.75, 3.05) is 11.9 Å². The quantitative estimate of drug-likeness (QED) is 0.786. The molecule has 8 heteroatoms. The van der Waals surface area contributed by atoms with Gasteiger partial charge in [0.05, 0.1) is 16.8 Å². The van der Waals surface area contributed by atoms with E-state index >= 15 is 0 Å². The summed E-state index contributed by atoms with van der Waals surface area (Å²) in [5.74, 6) is -0.407. The Morgan fingerprint density at radius 1 is 1.25 bits per heavy atom. The number of alkyl halides is 3. The van der Waals surface area contributed by atoms with Crippen molar-refractivity contribution in [2.45, 2.75) is 19.0 Å². The van der Waals surface area contributed by atoms with Crippen LogP contribution in [-0.4, -0.2) is 22.8 Å². The van der Waals surface area contributed by atoms with Crippen LogP contribution in [0.15, 0.2) is 35.5 Å². The van der Waals surface area contributed by atoms with E-state index < -0.39 is 23.6 Å². The zero-order valence-electron chi connectivity index (χ0n) is 12.5. The molecule has 0 saturated carbocycles. The highest BCUT2D eigenvalue weighted by Crippen LogP contribution is 2.45. The van der Waals surface area contributed by atoms with Crippen molar-refractivity contribution in [3.63, 3.8) is 0 Å². The molecule has 1 aromatic heterocycles. The van der Waals surface area contributed by atoms with Crippen LogP contribution in [0.5, 0.6) is 0 Å². The number of halogens is 3. The number of esters is 1. The van der Waals surface area contributed by atoms with Crippen LogP contribution < -0.4 is 5.32 Å². The van der Waals surface area contributed by atoms with Gasteiger partial charge >= 0.3 is 12.1 Å². The minimum absolute atomic E-state index is 0.108. The Morgan fingerprint density at radius 2 is 1.96 bits per heavy atom. The number of rotatable bonds is 1. The molecule has 1 aromatic carbocycles. The predicted octanol–water partition coefficient (Wildman–Crippen LogP) is 3.11. The minimum atomic E-state index is -4.40. The van der Waals surface area contributed by atoms with E-state index in [9.17, 15) is 18.0 Å². The van der Waals surface area contributed by atoms with Crippen LogP contribution in [0.4, 0.5) is 19.0 Å². The van der Waals surface area contributed by atoms with Crippen molar-refractivity contribution in [1.82, 2.24) is 10.2 Å². The molecule has 124 valence electrons. The van der Waals surface area contributed by atoms with E-state index in [-0.39, 0.29) is 6.61 Å². The number of benzene rings is 1. The predicted molar refractivity (Wildman–Crippen MR) is 78.2 cm³/mol. The number of nitrogens with zero attached hydrogens (tertiary/aromatic N) is 1. The van der Waals surface area contributed by atoms with E-state index in [1.54, 1.807) is 6.92 Å². The lowest BCUT2D eigenvalue weighted by Crippen LogP contribution is -2.20. The summed E-state index contributed by atoms with van der Waals surface area (Å²) in [7, 11) is 0. The second-order valence-corrected chi connectivity index (χ2v) is 5.76. The van der Waals surface area contributed by atoms with Gasteiger partial charge in [0.1, 0.15) is 6.61 Å². The zero-order valence-corrected chi connectivity index (χ0v) is 12.5. The van der Waals surface area contributed by atoms with Crippen LogP contribution in [0.1, 0.15) is 28.3 Å². The maximum absolute atomic E-state index is 12.8. The van der Waals surface area contributed by atoms with Gasteiger partial charge in [0.25, 0.3) is 0 Å². The lowest BCUT2D eigenvalue weighted by Gasteiger charge is -2.24. The van der Waals surface area contributed by atoms with Gasteiger partial charge in [-0.15, -0.1) is 0 Å². The topological polar surface area (TPSA) is 67.0 Å². The summed E-state index contributed by atoms with van der Waals surface area (Å²) in [6.07, 6.45) is -4.40. The molecule has 2 aromatic rings. The van der Waals surface area contributed by atoms with E-state index in [1.165, 1.54) is 12.1 Å². The first-order valence-corrected chi connectivity index (χ1v) is 7.25. The van der Waals surface area contributed by atoms with Gasteiger partial charge < -0.3 is 10.1 Å². The van der Waals surface area contributed by atoms with Crippen LogP contribution >= 0.6 is 0 Å². The molecular weight excluding hydrogens is 323 g/mol. The van der Waals surface area contributed by atoms with Crippen molar-refractivity contribution < 1.29 is 22.7 Å². The molecule has 2 N–H and O–H groups in total. The van der Waals surface area contributed by atoms with Crippen molar-refractivity contribution in [3.05, 3.63) is 57.9 Å². The molecule has 0 spiro atoms. The maximum Gasteiger partial charge on any atom is 0.416 e.